The highest BCUT2D eigenvalue weighted by molar-refractivity contribution is 7.91. The lowest BCUT2D eigenvalue weighted by molar-refractivity contribution is 0.460. The van der Waals surface area contributed by atoms with Crippen LogP contribution in [0.4, 0.5) is 14.5 Å². The number of benzene rings is 2. The van der Waals surface area contributed by atoms with E-state index in [1.165, 1.54) is 18.5 Å². The van der Waals surface area contributed by atoms with Gasteiger partial charge in [0.2, 0.25) is 15.9 Å². The molecule has 2 aromatic carbocycles. The van der Waals surface area contributed by atoms with Gasteiger partial charge in [-0.25, -0.2) is 31.8 Å². The molecule has 0 aliphatic rings. The number of nitrogens with one attached hydrogen (secondary N) is 1. The third kappa shape index (κ3) is 5.20. The fourth-order valence-corrected chi connectivity index (χ4v) is 4.43. The molecule has 2 aromatic heterocycles. The van der Waals surface area contributed by atoms with Crippen molar-refractivity contribution in [3.8, 4) is 17.4 Å². The molecule has 1 N–H and O–H groups in total. The van der Waals surface area contributed by atoms with Gasteiger partial charge in [-0.3, -0.25) is 4.72 Å². The van der Waals surface area contributed by atoms with Crippen LogP contribution in [0, 0.1) is 32.4 Å². The van der Waals surface area contributed by atoms with Gasteiger partial charge in [0, 0.05) is 23.0 Å². The van der Waals surface area contributed by atoms with Crippen LogP contribution in [-0.2, 0) is 15.8 Å². The molecule has 11 heteroatoms. The molecule has 0 saturated heterocycles. The molecule has 2 heterocycles. The van der Waals surface area contributed by atoms with E-state index in [0.717, 1.165) is 35.2 Å². The summed E-state index contributed by atoms with van der Waals surface area (Å²) in [6.07, 6.45) is 1.37. The molecular weight excluding hydrogens is 464 g/mol. The standard InChI is InChI=1S/C23H21F2N5O3S/c1-14-15(2)28-30(16(14)3)22-11-23(27-13-26-22)33-20-7-5-19(6-8-20)29-34(31,32)12-17-10-18(24)4-9-21(17)25/h4-11,13,29H,12H2,1-3H3. The van der Waals surface area contributed by atoms with E-state index in [1.807, 2.05) is 20.8 Å². The van der Waals surface area contributed by atoms with Gasteiger partial charge in [-0.15, -0.1) is 0 Å². The van der Waals surface area contributed by atoms with E-state index in [9.17, 15) is 17.2 Å². The first-order chi connectivity index (χ1) is 16.1. The lowest BCUT2D eigenvalue weighted by atomic mass is 10.2. The summed E-state index contributed by atoms with van der Waals surface area (Å²) in [5, 5.41) is 4.48. The normalized spacial score (nSPS) is 11.4. The van der Waals surface area contributed by atoms with Crippen LogP contribution < -0.4 is 9.46 Å². The summed E-state index contributed by atoms with van der Waals surface area (Å²) in [6, 6.07) is 10.4. The zero-order valence-electron chi connectivity index (χ0n) is 18.6. The second-order valence-corrected chi connectivity index (χ2v) is 9.37. The van der Waals surface area contributed by atoms with Crippen molar-refractivity contribution < 1.29 is 21.9 Å². The Balaban J connectivity index is 1.46. The van der Waals surface area contributed by atoms with Gasteiger partial charge >= 0.3 is 0 Å². The van der Waals surface area contributed by atoms with E-state index < -0.39 is 27.4 Å². The number of anilines is 1. The number of aryl methyl sites for hydroxylation is 1. The molecule has 0 bridgehead atoms. The minimum Gasteiger partial charge on any atom is -0.439 e. The number of rotatable bonds is 7. The van der Waals surface area contributed by atoms with Crippen molar-refractivity contribution in [3.63, 3.8) is 0 Å². The van der Waals surface area contributed by atoms with Gasteiger partial charge in [0.25, 0.3) is 0 Å². The molecule has 176 valence electrons. The van der Waals surface area contributed by atoms with Crippen molar-refractivity contribution in [1.29, 1.82) is 0 Å². The quantitative estimate of drug-likeness (QED) is 0.411. The van der Waals surface area contributed by atoms with Crippen LogP contribution in [0.15, 0.2) is 54.9 Å². The van der Waals surface area contributed by atoms with Gasteiger partial charge in [-0.05, 0) is 68.8 Å². The van der Waals surface area contributed by atoms with Crippen LogP contribution in [0.1, 0.15) is 22.5 Å². The van der Waals surface area contributed by atoms with Crippen LogP contribution in [-0.4, -0.2) is 28.2 Å². The first kappa shape index (κ1) is 23.3. The van der Waals surface area contributed by atoms with Crippen molar-refractivity contribution in [2.45, 2.75) is 26.5 Å². The number of aromatic nitrogens is 4. The molecule has 8 nitrogen and oxygen atoms in total. The molecule has 0 radical (unpaired) electrons. The fraction of sp³-hybridized carbons (Fsp3) is 0.174. The van der Waals surface area contributed by atoms with E-state index in [0.29, 0.717) is 11.6 Å². The monoisotopic (exact) mass is 485 g/mol. The second kappa shape index (κ2) is 9.18. The topological polar surface area (TPSA) is 99.0 Å². The third-order valence-corrected chi connectivity index (χ3v) is 6.44. The zero-order chi connectivity index (χ0) is 24.5. The predicted molar refractivity (Wildman–Crippen MR) is 122 cm³/mol. The van der Waals surface area contributed by atoms with Gasteiger partial charge in [-0.2, -0.15) is 5.10 Å². The van der Waals surface area contributed by atoms with E-state index in [2.05, 4.69) is 19.8 Å². The van der Waals surface area contributed by atoms with Gasteiger partial charge in [0.15, 0.2) is 5.82 Å². The third-order valence-electron chi connectivity index (χ3n) is 5.20. The fourth-order valence-electron chi connectivity index (χ4n) is 3.23. The Morgan fingerprint density at radius 3 is 2.41 bits per heavy atom. The first-order valence-corrected chi connectivity index (χ1v) is 11.8. The number of hydrogen-bond donors (Lipinski definition) is 1. The Bertz CT molecular complexity index is 1450. The highest BCUT2D eigenvalue weighted by Crippen LogP contribution is 2.24. The van der Waals surface area contributed by atoms with Crippen molar-refractivity contribution in [3.05, 3.63) is 89.0 Å². The summed E-state index contributed by atoms with van der Waals surface area (Å²) in [5.74, 6) is -0.972. The zero-order valence-corrected chi connectivity index (χ0v) is 19.4. The van der Waals surface area contributed by atoms with Gasteiger partial charge in [0.05, 0.1) is 11.4 Å². The second-order valence-electron chi connectivity index (χ2n) is 7.65. The Kier molecular flexibility index (Phi) is 6.29. The van der Waals surface area contributed by atoms with Crippen molar-refractivity contribution in [2.24, 2.45) is 0 Å². The first-order valence-electron chi connectivity index (χ1n) is 10.2. The molecular formula is C23H21F2N5O3S. The van der Waals surface area contributed by atoms with Gasteiger partial charge in [-0.1, -0.05) is 0 Å². The Labute approximate surface area is 195 Å². The van der Waals surface area contributed by atoms with E-state index >= 15 is 0 Å². The lowest BCUT2D eigenvalue weighted by Gasteiger charge is -2.10. The largest absolute Gasteiger partial charge is 0.439 e. The number of nitrogens with zero attached hydrogens (tertiary/aromatic N) is 4. The van der Waals surface area contributed by atoms with Crippen LogP contribution in [0.2, 0.25) is 0 Å². The molecule has 0 fully saturated rings. The Morgan fingerprint density at radius 2 is 1.74 bits per heavy atom. The molecule has 0 unspecified atom stereocenters. The van der Waals surface area contributed by atoms with Crippen LogP contribution in [0.3, 0.4) is 0 Å². The SMILES string of the molecule is Cc1nn(-c2cc(Oc3ccc(NS(=O)(=O)Cc4cc(F)ccc4F)cc3)ncn2)c(C)c1C. The van der Waals surface area contributed by atoms with Crippen LogP contribution in [0.25, 0.3) is 5.82 Å². The predicted octanol–water partition coefficient (Wildman–Crippen LogP) is 4.60. The van der Waals surface area contributed by atoms with Crippen molar-refractivity contribution >= 4 is 15.7 Å². The summed E-state index contributed by atoms with van der Waals surface area (Å²) in [7, 11) is -3.97. The molecule has 0 spiro atoms. The lowest BCUT2D eigenvalue weighted by Crippen LogP contribution is -2.16. The van der Waals surface area contributed by atoms with E-state index in [1.54, 1.807) is 22.9 Å². The molecule has 0 aliphatic carbocycles. The summed E-state index contributed by atoms with van der Waals surface area (Å²) < 4.78 is 61.7. The number of ether oxygens (including phenoxy) is 1. The molecule has 4 rings (SSSR count). The number of halogens is 2. The maximum atomic E-state index is 13.8. The van der Waals surface area contributed by atoms with Gasteiger partial charge < -0.3 is 4.74 Å². The summed E-state index contributed by atoms with van der Waals surface area (Å²) >= 11 is 0. The molecule has 0 atom stereocenters. The highest BCUT2D eigenvalue weighted by atomic mass is 32.2. The molecule has 0 aliphatic heterocycles. The number of hydrogen-bond acceptors (Lipinski definition) is 6. The molecule has 0 amide bonds. The van der Waals surface area contributed by atoms with E-state index in [4.69, 9.17) is 4.74 Å². The van der Waals surface area contributed by atoms with Gasteiger partial charge in [0.1, 0.15) is 23.7 Å². The average Bonchev–Trinajstić information content (AvgIpc) is 3.05. The Morgan fingerprint density at radius 1 is 1.00 bits per heavy atom. The Hall–Kier alpha value is -3.86. The summed E-state index contributed by atoms with van der Waals surface area (Å²) in [4.78, 5) is 8.36. The highest BCUT2D eigenvalue weighted by Gasteiger charge is 2.16. The van der Waals surface area contributed by atoms with Crippen molar-refractivity contribution in [1.82, 2.24) is 19.7 Å². The van der Waals surface area contributed by atoms with E-state index in [-0.39, 0.29) is 17.1 Å². The van der Waals surface area contributed by atoms with Crippen molar-refractivity contribution in [2.75, 3.05) is 4.72 Å². The maximum Gasteiger partial charge on any atom is 0.237 e. The summed E-state index contributed by atoms with van der Waals surface area (Å²) in [6.45, 7) is 5.85. The summed E-state index contributed by atoms with van der Waals surface area (Å²) in [5.41, 5.74) is 2.91. The smallest absolute Gasteiger partial charge is 0.237 e. The average molecular weight is 486 g/mol. The molecule has 34 heavy (non-hydrogen) atoms. The molecule has 0 saturated carbocycles. The van der Waals surface area contributed by atoms with Crippen LogP contribution in [0.5, 0.6) is 11.6 Å². The minimum absolute atomic E-state index is 0.241. The maximum absolute atomic E-state index is 13.8. The minimum atomic E-state index is -3.97. The molecule has 4 aromatic rings. The number of sulfonamides is 1. The van der Waals surface area contributed by atoms with Crippen LogP contribution >= 0.6 is 0 Å².